The SMILES string of the molecule is Cc1cc(C(C)c2cn(C)c3ccccc23)oc1C. The Hall–Kier alpha value is -1.96. The average molecular weight is 253 g/mol. The molecule has 19 heavy (non-hydrogen) atoms. The Morgan fingerprint density at radius 2 is 1.89 bits per heavy atom. The lowest BCUT2D eigenvalue weighted by Gasteiger charge is -2.07. The molecular weight excluding hydrogens is 234 g/mol. The van der Waals surface area contributed by atoms with Gasteiger partial charge in [0.1, 0.15) is 11.5 Å². The van der Waals surface area contributed by atoms with Gasteiger partial charge in [0.15, 0.2) is 0 Å². The van der Waals surface area contributed by atoms with Crippen LogP contribution in [0.2, 0.25) is 0 Å². The van der Waals surface area contributed by atoms with Gasteiger partial charge in [-0.2, -0.15) is 0 Å². The van der Waals surface area contributed by atoms with E-state index in [2.05, 4.69) is 62.0 Å². The molecule has 0 fully saturated rings. The molecule has 98 valence electrons. The number of nitrogens with zero attached hydrogens (tertiary/aromatic N) is 1. The summed E-state index contributed by atoms with van der Waals surface area (Å²) in [6, 6.07) is 10.7. The van der Waals surface area contributed by atoms with Crippen molar-refractivity contribution >= 4 is 10.9 Å². The molecule has 0 saturated heterocycles. The molecule has 0 N–H and O–H groups in total. The first-order valence-electron chi connectivity index (χ1n) is 6.69. The van der Waals surface area contributed by atoms with E-state index < -0.39 is 0 Å². The number of hydrogen-bond acceptors (Lipinski definition) is 1. The molecule has 2 heterocycles. The van der Waals surface area contributed by atoms with Crippen molar-refractivity contribution in [1.29, 1.82) is 0 Å². The van der Waals surface area contributed by atoms with E-state index >= 15 is 0 Å². The molecule has 0 spiro atoms. The van der Waals surface area contributed by atoms with E-state index in [1.807, 2.05) is 6.92 Å². The van der Waals surface area contributed by atoms with Crippen molar-refractivity contribution in [2.45, 2.75) is 26.7 Å². The van der Waals surface area contributed by atoms with Crippen molar-refractivity contribution in [3.05, 3.63) is 59.2 Å². The van der Waals surface area contributed by atoms with Crippen LogP contribution < -0.4 is 0 Å². The normalized spacial score (nSPS) is 13.1. The van der Waals surface area contributed by atoms with Gasteiger partial charge in [-0.05, 0) is 37.1 Å². The number of aryl methyl sites for hydroxylation is 3. The van der Waals surface area contributed by atoms with Gasteiger partial charge < -0.3 is 8.98 Å². The van der Waals surface area contributed by atoms with Crippen LogP contribution in [-0.2, 0) is 7.05 Å². The van der Waals surface area contributed by atoms with E-state index in [0.717, 1.165) is 11.5 Å². The summed E-state index contributed by atoms with van der Waals surface area (Å²) in [5, 5.41) is 1.31. The molecule has 0 aliphatic heterocycles. The Kier molecular flexibility index (Phi) is 2.74. The van der Waals surface area contributed by atoms with Crippen molar-refractivity contribution in [2.24, 2.45) is 7.05 Å². The summed E-state index contributed by atoms with van der Waals surface area (Å²) in [6.45, 7) is 6.33. The molecule has 0 bridgehead atoms. The van der Waals surface area contributed by atoms with Gasteiger partial charge in [0.25, 0.3) is 0 Å². The second-order valence-electron chi connectivity index (χ2n) is 5.32. The van der Waals surface area contributed by atoms with Crippen LogP contribution >= 0.6 is 0 Å². The summed E-state index contributed by atoms with van der Waals surface area (Å²) < 4.78 is 8.06. The molecule has 1 aromatic carbocycles. The van der Waals surface area contributed by atoms with E-state index in [1.165, 1.54) is 22.0 Å². The number of aromatic nitrogens is 1. The van der Waals surface area contributed by atoms with E-state index in [-0.39, 0.29) is 5.92 Å². The van der Waals surface area contributed by atoms with E-state index in [9.17, 15) is 0 Å². The van der Waals surface area contributed by atoms with Gasteiger partial charge in [-0.3, -0.25) is 0 Å². The summed E-state index contributed by atoms with van der Waals surface area (Å²) in [5.74, 6) is 2.34. The number of para-hydroxylation sites is 1. The number of furan rings is 1. The molecule has 0 aliphatic carbocycles. The molecule has 2 aromatic heterocycles. The van der Waals surface area contributed by atoms with Crippen molar-refractivity contribution in [3.8, 4) is 0 Å². The molecule has 0 aliphatic rings. The highest BCUT2D eigenvalue weighted by Crippen LogP contribution is 2.33. The van der Waals surface area contributed by atoms with Crippen LogP contribution in [0.15, 0.2) is 40.9 Å². The van der Waals surface area contributed by atoms with Crippen molar-refractivity contribution in [2.75, 3.05) is 0 Å². The third kappa shape index (κ3) is 1.88. The summed E-state index contributed by atoms with van der Waals surface area (Å²) in [7, 11) is 2.09. The summed E-state index contributed by atoms with van der Waals surface area (Å²) in [6.07, 6.45) is 2.21. The van der Waals surface area contributed by atoms with Gasteiger partial charge in [0.05, 0.1) is 0 Å². The van der Waals surface area contributed by atoms with Crippen LogP contribution in [0.3, 0.4) is 0 Å². The molecule has 0 amide bonds. The number of fused-ring (bicyclic) bond motifs is 1. The first-order valence-corrected chi connectivity index (χ1v) is 6.69. The maximum absolute atomic E-state index is 5.88. The van der Waals surface area contributed by atoms with Crippen molar-refractivity contribution in [1.82, 2.24) is 4.57 Å². The van der Waals surface area contributed by atoms with Gasteiger partial charge in [-0.1, -0.05) is 25.1 Å². The quantitative estimate of drug-likeness (QED) is 0.655. The van der Waals surface area contributed by atoms with Crippen molar-refractivity contribution < 1.29 is 4.42 Å². The first-order chi connectivity index (χ1) is 9.08. The molecule has 0 saturated carbocycles. The zero-order valence-electron chi connectivity index (χ0n) is 11.9. The minimum absolute atomic E-state index is 0.276. The summed E-state index contributed by atoms with van der Waals surface area (Å²) >= 11 is 0. The summed E-state index contributed by atoms with van der Waals surface area (Å²) in [5.41, 5.74) is 3.82. The molecule has 3 rings (SSSR count). The number of hydrogen-bond donors (Lipinski definition) is 0. The average Bonchev–Trinajstić information content (AvgIpc) is 2.91. The second-order valence-corrected chi connectivity index (χ2v) is 5.32. The van der Waals surface area contributed by atoms with Crippen LogP contribution in [0.5, 0.6) is 0 Å². The zero-order valence-corrected chi connectivity index (χ0v) is 11.9. The van der Waals surface area contributed by atoms with Crippen LogP contribution in [0.1, 0.15) is 35.5 Å². The van der Waals surface area contributed by atoms with Gasteiger partial charge in [0.2, 0.25) is 0 Å². The largest absolute Gasteiger partial charge is 0.465 e. The molecule has 1 unspecified atom stereocenters. The Morgan fingerprint density at radius 3 is 2.58 bits per heavy atom. The molecule has 3 aromatic rings. The Morgan fingerprint density at radius 1 is 1.16 bits per heavy atom. The maximum Gasteiger partial charge on any atom is 0.111 e. The Balaban J connectivity index is 2.13. The number of benzene rings is 1. The fourth-order valence-corrected chi connectivity index (χ4v) is 2.69. The topological polar surface area (TPSA) is 18.1 Å². The second kappa shape index (κ2) is 4.30. The van der Waals surface area contributed by atoms with Gasteiger partial charge >= 0.3 is 0 Å². The Labute approximate surface area is 113 Å². The maximum atomic E-state index is 5.88. The lowest BCUT2D eigenvalue weighted by molar-refractivity contribution is 0.470. The van der Waals surface area contributed by atoms with Crippen LogP contribution in [0.25, 0.3) is 10.9 Å². The minimum atomic E-state index is 0.276. The van der Waals surface area contributed by atoms with Crippen molar-refractivity contribution in [3.63, 3.8) is 0 Å². The van der Waals surface area contributed by atoms with E-state index in [1.54, 1.807) is 0 Å². The van der Waals surface area contributed by atoms with Crippen LogP contribution in [0, 0.1) is 13.8 Å². The molecular formula is C17H19NO. The van der Waals surface area contributed by atoms with Crippen LogP contribution in [-0.4, -0.2) is 4.57 Å². The van der Waals surface area contributed by atoms with Gasteiger partial charge in [-0.15, -0.1) is 0 Å². The third-order valence-electron chi connectivity index (χ3n) is 4.01. The lowest BCUT2D eigenvalue weighted by atomic mass is 9.98. The fraction of sp³-hybridized carbons (Fsp3) is 0.294. The van der Waals surface area contributed by atoms with Gasteiger partial charge in [-0.25, -0.2) is 0 Å². The standard InChI is InChI=1S/C17H19NO/c1-11-9-17(19-13(11)3)12(2)15-10-18(4)16-8-6-5-7-14(15)16/h5-10,12H,1-4H3. The third-order valence-corrected chi connectivity index (χ3v) is 4.01. The lowest BCUT2D eigenvalue weighted by Crippen LogP contribution is -1.93. The molecule has 2 nitrogen and oxygen atoms in total. The highest BCUT2D eigenvalue weighted by atomic mass is 16.3. The summed E-state index contributed by atoms with van der Waals surface area (Å²) in [4.78, 5) is 0. The minimum Gasteiger partial charge on any atom is -0.465 e. The first kappa shape index (κ1) is 12.1. The number of rotatable bonds is 2. The smallest absolute Gasteiger partial charge is 0.111 e. The van der Waals surface area contributed by atoms with Gasteiger partial charge in [0, 0.05) is 30.1 Å². The predicted molar refractivity (Wildman–Crippen MR) is 78.6 cm³/mol. The fourth-order valence-electron chi connectivity index (χ4n) is 2.69. The molecule has 2 heteroatoms. The highest BCUT2D eigenvalue weighted by molar-refractivity contribution is 5.84. The predicted octanol–water partition coefficient (Wildman–Crippen LogP) is 4.54. The van der Waals surface area contributed by atoms with E-state index in [4.69, 9.17) is 4.42 Å². The highest BCUT2D eigenvalue weighted by Gasteiger charge is 2.18. The molecule has 0 radical (unpaired) electrons. The van der Waals surface area contributed by atoms with Crippen LogP contribution in [0.4, 0.5) is 0 Å². The van der Waals surface area contributed by atoms with E-state index in [0.29, 0.717) is 0 Å². The molecule has 1 atom stereocenters. The monoisotopic (exact) mass is 253 g/mol. The Bertz CT molecular complexity index is 713. The zero-order chi connectivity index (χ0) is 13.6.